The van der Waals surface area contributed by atoms with Crippen LogP contribution in [0.15, 0.2) is 48.7 Å². The summed E-state index contributed by atoms with van der Waals surface area (Å²) in [5.74, 6) is 0.878. The summed E-state index contributed by atoms with van der Waals surface area (Å²) in [4.78, 5) is 9.02. The van der Waals surface area contributed by atoms with Gasteiger partial charge < -0.3 is 9.64 Å². The Labute approximate surface area is 203 Å². The van der Waals surface area contributed by atoms with Crippen LogP contribution in [-0.4, -0.2) is 64.2 Å². The number of piperazine rings is 1. The number of aromatic nitrogens is 1. The van der Waals surface area contributed by atoms with Gasteiger partial charge in [-0.05, 0) is 43.5 Å². The third kappa shape index (κ3) is 6.91. The zero-order chi connectivity index (χ0) is 23.8. The Balaban J connectivity index is 1.34. The van der Waals surface area contributed by atoms with Crippen LogP contribution in [0.4, 0.5) is 5.69 Å². The van der Waals surface area contributed by atoms with E-state index in [0.717, 1.165) is 69.7 Å². The van der Waals surface area contributed by atoms with E-state index in [4.69, 9.17) is 13.1 Å². The van der Waals surface area contributed by atoms with E-state index in [1.54, 1.807) is 19.4 Å². The molecule has 0 radical (unpaired) electrons. The van der Waals surface area contributed by atoms with Crippen LogP contribution in [-0.2, 0) is 18.8 Å². The third-order valence-corrected chi connectivity index (χ3v) is 7.54. The number of pyridine rings is 1. The monoisotopic (exact) mass is 489 g/mol. The fourth-order valence-corrected chi connectivity index (χ4v) is 5.76. The molecule has 0 N–H and O–H groups in total. The Morgan fingerprint density at radius 1 is 1.00 bits per heavy atom. The Morgan fingerprint density at radius 2 is 1.74 bits per heavy atom. The lowest BCUT2D eigenvalue weighted by Gasteiger charge is -2.37. The van der Waals surface area contributed by atoms with Crippen molar-refractivity contribution >= 4 is 16.1 Å². The van der Waals surface area contributed by atoms with E-state index >= 15 is 0 Å². The number of para-hydroxylation sites is 2. The number of anilines is 1. The molecule has 0 spiro atoms. The van der Waals surface area contributed by atoms with E-state index in [-0.39, 0.29) is 6.10 Å². The van der Waals surface area contributed by atoms with E-state index in [1.807, 2.05) is 30.3 Å². The maximum absolute atomic E-state index is 12.7. The molecule has 1 aliphatic heterocycles. The quantitative estimate of drug-likeness (QED) is 0.496. The van der Waals surface area contributed by atoms with Crippen LogP contribution in [0, 0.1) is 0 Å². The zero-order valence-electron chi connectivity index (χ0n) is 19.8. The first-order valence-electron chi connectivity index (χ1n) is 12.2. The average Bonchev–Trinajstić information content (AvgIpc) is 2.87. The van der Waals surface area contributed by atoms with Crippen molar-refractivity contribution in [1.29, 1.82) is 0 Å². The lowest BCUT2D eigenvalue weighted by atomic mass is 9.98. The summed E-state index contributed by atoms with van der Waals surface area (Å²) >= 11 is 0. The van der Waals surface area contributed by atoms with Crippen LogP contribution in [0.5, 0.6) is 5.75 Å². The average molecular weight is 490 g/mol. The molecule has 2 aromatic rings. The molecule has 2 fully saturated rings. The Morgan fingerprint density at radius 3 is 2.44 bits per heavy atom. The molecule has 8 nitrogen and oxygen atoms in total. The van der Waals surface area contributed by atoms with Gasteiger partial charge in [0, 0.05) is 38.9 Å². The van der Waals surface area contributed by atoms with Crippen molar-refractivity contribution in [2.45, 2.75) is 50.7 Å². The predicted octanol–water partition coefficient (Wildman–Crippen LogP) is 3.95. The molecular formula is C25H35N3O5S. The number of hydrogen-bond acceptors (Lipinski definition) is 8. The summed E-state index contributed by atoms with van der Waals surface area (Å²) < 4.78 is 41.9. The second-order valence-corrected chi connectivity index (χ2v) is 10.1. The molecule has 0 amide bonds. The molecule has 1 saturated carbocycles. The third-order valence-electron chi connectivity index (χ3n) is 6.56. The Bertz CT molecular complexity index is 991. The van der Waals surface area contributed by atoms with Crippen molar-refractivity contribution < 1.29 is 21.5 Å². The molecule has 9 heteroatoms. The Hall–Kier alpha value is -2.20. The van der Waals surface area contributed by atoms with Crippen LogP contribution < -0.4 is 9.64 Å². The van der Waals surface area contributed by atoms with E-state index in [2.05, 4.69) is 20.9 Å². The molecule has 1 saturated heterocycles. The van der Waals surface area contributed by atoms with Crippen LogP contribution in [0.25, 0.3) is 0 Å². The van der Waals surface area contributed by atoms with E-state index in [1.165, 1.54) is 0 Å². The molecule has 2 aliphatic rings. The maximum atomic E-state index is 12.7. The lowest BCUT2D eigenvalue weighted by Crippen LogP contribution is -2.47. The molecule has 0 bridgehead atoms. The molecule has 1 aromatic heterocycles. The topological polar surface area (TPSA) is 81.2 Å². The van der Waals surface area contributed by atoms with Gasteiger partial charge in [-0.1, -0.05) is 37.5 Å². The van der Waals surface area contributed by atoms with Gasteiger partial charge in [0.1, 0.15) is 11.9 Å². The molecule has 1 unspecified atom stereocenters. The molecule has 4 rings (SSSR count). The molecular weight excluding hydrogens is 454 g/mol. The maximum Gasteiger partial charge on any atom is 0.400 e. The summed E-state index contributed by atoms with van der Waals surface area (Å²) in [5, 5.41) is 0. The van der Waals surface area contributed by atoms with Crippen LogP contribution in [0.1, 0.15) is 50.3 Å². The SMILES string of the molecule is COc1ccccc1N1CCN(CCC(OS(=O)(=O)OC2CCCCC2)c2ccccn2)CC1. The first-order chi connectivity index (χ1) is 16.5. The molecule has 2 heterocycles. The highest BCUT2D eigenvalue weighted by Crippen LogP contribution is 2.30. The normalized spacial score (nSPS) is 19.1. The highest BCUT2D eigenvalue weighted by atomic mass is 32.3. The summed E-state index contributed by atoms with van der Waals surface area (Å²) in [5.41, 5.74) is 1.70. The fraction of sp³-hybridized carbons (Fsp3) is 0.560. The van der Waals surface area contributed by atoms with Crippen molar-refractivity contribution in [3.8, 4) is 5.75 Å². The number of ether oxygens (including phenoxy) is 1. The first kappa shape index (κ1) is 24.9. The van der Waals surface area contributed by atoms with E-state index in [9.17, 15) is 8.42 Å². The predicted molar refractivity (Wildman–Crippen MR) is 131 cm³/mol. The smallest absolute Gasteiger partial charge is 0.400 e. The highest BCUT2D eigenvalue weighted by Gasteiger charge is 2.28. The standard InChI is InChI=1S/C25H35N3O5S/c1-31-25-13-6-5-12-23(25)28-19-17-27(18-20-28)16-14-24(22-11-7-8-15-26-22)33-34(29,30)32-21-9-3-2-4-10-21/h5-8,11-13,15,21,24H,2-4,9-10,14,16-20H2,1H3. The van der Waals surface area contributed by atoms with Crippen molar-refractivity contribution in [3.05, 3.63) is 54.4 Å². The van der Waals surface area contributed by atoms with E-state index < -0.39 is 16.5 Å². The summed E-state index contributed by atoms with van der Waals surface area (Å²) in [7, 11) is -2.42. The zero-order valence-corrected chi connectivity index (χ0v) is 20.7. The Kier molecular flexibility index (Phi) is 8.77. The van der Waals surface area contributed by atoms with Gasteiger partial charge in [0.15, 0.2) is 0 Å². The van der Waals surface area contributed by atoms with E-state index in [0.29, 0.717) is 18.7 Å². The van der Waals surface area contributed by atoms with Gasteiger partial charge in [-0.2, -0.15) is 8.42 Å². The first-order valence-corrected chi connectivity index (χ1v) is 13.5. The summed E-state index contributed by atoms with van der Waals surface area (Å²) in [6.45, 7) is 4.20. The van der Waals surface area contributed by atoms with Crippen LogP contribution in [0.3, 0.4) is 0 Å². The highest BCUT2D eigenvalue weighted by molar-refractivity contribution is 7.81. The second kappa shape index (κ2) is 12.0. The van der Waals surface area contributed by atoms with Crippen molar-refractivity contribution in [1.82, 2.24) is 9.88 Å². The molecule has 34 heavy (non-hydrogen) atoms. The molecule has 1 aliphatic carbocycles. The molecule has 1 atom stereocenters. The van der Waals surface area contributed by atoms with Gasteiger partial charge in [0.05, 0.1) is 24.6 Å². The lowest BCUT2D eigenvalue weighted by molar-refractivity contribution is 0.0919. The van der Waals surface area contributed by atoms with Crippen molar-refractivity contribution in [3.63, 3.8) is 0 Å². The fourth-order valence-electron chi connectivity index (χ4n) is 4.71. The molecule has 1 aromatic carbocycles. The minimum Gasteiger partial charge on any atom is -0.495 e. The van der Waals surface area contributed by atoms with Gasteiger partial charge in [-0.3, -0.25) is 9.88 Å². The van der Waals surface area contributed by atoms with Crippen molar-refractivity contribution in [2.24, 2.45) is 0 Å². The van der Waals surface area contributed by atoms with Gasteiger partial charge in [0.2, 0.25) is 0 Å². The van der Waals surface area contributed by atoms with Crippen LogP contribution in [0.2, 0.25) is 0 Å². The summed E-state index contributed by atoms with van der Waals surface area (Å²) in [6, 6.07) is 13.5. The van der Waals surface area contributed by atoms with Gasteiger partial charge in [-0.15, -0.1) is 0 Å². The van der Waals surface area contributed by atoms with Gasteiger partial charge >= 0.3 is 10.4 Å². The largest absolute Gasteiger partial charge is 0.495 e. The van der Waals surface area contributed by atoms with Gasteiger partial charge in [-0.25, -0.2) is 8.37 Å². The minimum atomic E-state index is -4.11. The number of hydrogen-bond donors (Lipinski definition) is 0. The van der Waals surface area contributed by atoms with Crippen LogP contribution >= 0.6 is 0 Å². The summed E-state index contributed by atoms with van der Waals surface area (Å²) in [6.07, 6.45) is 5.83. The molecule has 186 valence electrons. The number of benzene rings is 1. The van der Waals surface area contributed by atoms with Gasteiger partial charge in [0.25, 0.3) is 0 Å². The number of methoxy groups -OCH3 is 1. The number of rotatable bonds is 10. The minimum absolute atomic E-state index is 0.286. The second-order valence-electron chi connectivity index (χ2n) is 8.89. The van der Waals surface area contributed by atoms with Crippen molar-refractivity contribution in [2.75, 3.05) is 44.7 Å². The number of nitrogens with zero attached hydrogens (tertiary/aromatic N) is 3.